The van der Waals surface area contributed by atoms with E-state index in [1.807, 2.05) is 30.3 Å². The summed E-state index contributed by atoms with van der Waals surface area (Å²) in [5.74, 6) is -1.04. The van der Waals surface area contributed by atoms with Gasteiger partial charge in [0.25, 0.3) is 11.8 Å². The fourth-order valence-corrected chi connectivity index (χ4v) is 3.75. The Morgan fingerprint density at radius 2 is 1.94 bits per heavy atom. The van der Waals surface area contributed by atoms with E-state index in [0.717, 1.165) is 16.8 Å². The molecular weight excluding hydrogens is 448 g/mol. The highest BCUT2D eigenvalue weighted by Crippen LogP contribution is 2.34. The fourth-order valence-electron chi connectivity index (χ4n) is 3.75. The molecule has 1 atom stereocenters. The van der Waals surface area contributed by atoms with Gasteiger partial charge in [0, 0.05) is 22.2 Å². The number of ether oxygens (including phenoxy) is 1. The van der Waals surface area contributed by atoms with E-state index in [0.29, 0.717) is 22.2 Å². The summed E-state index contributed by atoms with van der Waals surface area (Å²) in [6.07, 6.45) is 0.783. The summed E-state index contributed by atoms with van der Waals surface area (Å²) in [6, 6.07) is 11.7. The number of hydrogen-bond donors (Lipinski definition) is 4. The van der Waals surface area contributed by atoms with Crippen molar-refractivity contribution < 1.29 is 19.1 Å². The van der Waals surface area contributed by atoms with Gasteiger partial charge in [0.1, 0.15) is 5.60 Å². The molecule has 0 saturated carbocycles. The van der Waals surface area contributed by atoms with Gasteiger partial charge < -0.3 is 25.2 Å². The third-order valence-corrected chi connectivity index (χ3v) is 5.15. The standard InChI is InChI=1S/C25H24N6O4/c1-25(2,3)35-24(34)30-19(13-26-4)23(33)28-15-10-16-20-17(12-27-31-22(16)32)21(29-18(20)11-15)14-8-6-5-7-9-14/h5-12,19,29H,13H2,1-3H3,(H,28,33)(H,30,34)(H,31,32). The number of carbonyl (C=O) groups is 3. The molecular formula is C25H24N6O4. The minimum atomic E-state index is -1.14. The van der Waals surface area contributed by atoms with E-state index >= 15 is 0 Å². The molecule has 3 amide bonds. The molecule has 2 heterocycles. The normalized spacial score (nSPS) is 13.4. The molecule has 4 N–H and O–H groups in total. The summed E-state index contributed by atoms with van der Waals surface area (Å²) in [6.45, 7) is 12.0. The van der Waals surface area contributed by atoms with Crippen LogP contribution in [0.2, 0.25) is 0 Å². The summed E-state index contributed by atoms with van der Waals surface area (Å²) in [5.41, 5.74) is 5.43. The number of nitrogens with one attached hydrogen (secondary N) is 4. The van der Waals surface area contributed by atoms with Crippen molar-refractivity contribution in [3.8, 4) is 11.3 Å². The van der Waals surface area contributed by atoms with Crippen LogP contribution in [0.15, 0.2) is 47.6 Å². The van der Waals surface area contributed by atoms with Crippen molar-refractivity contribution in [1.29, 1.82) is 0 Å². The Hall–Kier alpha value is -4.65. The summed E-state index contributed by atoms with van der Waals surface area (Å²) in [4.78, 5) is 44.4. The SMILES string of the molecule is [C-]#[N+]CC(NC(=O)OC(C)(C)C)C(=O)Nc1cc2c3c(c(-c4ccccc4)[nH]c3c1)C=NNC2=O. The van der Waals surface area contributed by atoms with Crippen molar-refractivity contribution in [3.63, 3.8) is 0 Å². The fraction of sp³-hybridized carbons (Fsp3) is 0.240. The largest absolute Gasteiger partial charge is 0.444 e. The Morgan fingerprint density at radius 3 is 2.63 bits per heavy atom. The number of benzene rings is 2. The highest BCUT2D eigenvalue weighted by atomic mass is 16.6. The van der Waals surface area contributed by atoms with E-state index in [9.17, 15) is 14.4 Å². The highest BCUT2D eigenvalue weighted by Gasteiger charge is 2.28. The molecule has 4 rings (SSSR count). The first-order chi connectivity index (χ1) is 16.7. The molecule has 1 aromatic heterocycles. The first-order valence-corrected chi connectivity index (χ1v) is 10.9. The van der Waals surface area contributed by atoms with Crippen molar-refractivity contribution in [1.82, 2.24) is 15.7 Å². The summed E-state index contributed by atoms with van der Waals surface area (Å²) in [5, 5.41) is 9.83. The van der Waals surface area contributed by atoms with Crippen molar-refractivity contribution in [2.24, 2.45) is 5.10 Å². The van der Waals surface area contributed by atoms with Crippen LogP contribution in [0.1, 0.15) is 36.7 Å². The molecule has 0 bridgehead atoms. The van der Waals surface area contributed by atoms with Gasteiger partial charge in [-0.05, 0) is 38.5 Å². The molecule has 1 aliphatic rings. The van der Waals surface area contributed by atoms with Crippen LogP contribution in [0.25, 0.3) is 27.0 Å². The number of carbonyl (C=O) groups excluding carboxylic acids is 3. The number of anilines is 1. The molecule has 1 unspecified atom stereocenters. The van der Waals surface area contributed by atoms with E-state index in [2.05, 4.69) is 31.0 Å². The van der Waals surface area contributed by atoms with Gasteiger partial charge >= 0.3 is 6.09 Å². The summed E-state index contributed by atoms with van der Waals surface area (Å²) >= 11 is 0. The second-order valence-electron chi connectivity index (χ2n) is 8.95. The van der Waals surface area contributed by atoms with Crippen molar-refractivity contribution in [2.75, 3.05) is 11.9 Å². The molecule has 0 saturated heterocycles. The number of amides is 3. The first-order valence-electron chi connectivity index (χ1n) is 10.9. The Morgan fingerprint density at radius 1 is 1.20 bits per heavy atom. The molecule has 2 aromatic carbocycles. The zero-order chi connectivity index (χ0) is 25.2. The topological polar surface area (TPSA) is 129 Å². The Labute approximate surface area is 201 Å². The third kappa shape index (κ3) is 5.14. The summed E-state index contributed by atoms with van der Waals surface area (Å²) in [7, 11) is 0. The predicted molar refractivity (Wildman–Crippen MR) is 132 cm³/mol. The van der Waals surface area contributed by atoms with Gasteiger partial charge in [-0.15, -0.1) is 0 Å². The molecule has 35 heavy (non-hydrogen) atoms. The Bertz CT molecular complexity index is 1380. The number of rotatable bonds is 5. The van der Waals surface area contributed by atoms with E-state index in [1.165, 1.54) is 0 Å². The number of H-pyrrole nitrogens is 1. The van der Waals surface area contributed by atoms with Gasteiger partial charge in [-0.25, -0.2) is 16.8 Å². The highest BCUT2D eigenvalue weighted by molar-refractivity contribution is 6.18. The number of aromatic amines is 1. The first kappa shape index (κ1) is 23.5. The van der Waals surface area contributed by atoms with Crippen LogP contribution in [0.5, 0.6) is 0 Å². The molecule has 10 nitrogen and oxygen atoms in total. The minimum Gasteiger partial charge on any atom is -0.444 e. The van der Waals surface area contributed by atoms with Gasteiger partial charge in [0.15, 0.2) is 6.04 Å². The van der Waals surface area contributed by atoms with Crippen LogP contribution >= 0.6 is 0 Å². The molecule has 0 spiro atoms. The van der Waals surface area contributed by atoms with Crippen LogP contribution in [0, 0.1) is 6.57 Å². The van der Waals surface area contributed by atoms with E-state index in [-0.39, 0.29) is 6.54 Å². The summed E-state index contributed by atoms with van der Waals surface area (Å²) < 4.78 is 5.20. The van der Waals surface area contributed by atoms with Crippen molar-refractivity contribution in [3.05, 3.63) is 65.0 Å². The molecule has 3 aromatic rings. The van der Waals surface area contributed by atoms with E-state index in [1.54, 1.807) is 39.1 Å². The average Bonchev–Trinajstić information content (AvgIpc) is 3.07. The molecule has 0 radical (unpaired) electrons. The lowest BCUT2D eigenvalue weighted by Crippen LogP contribution is -2.47. The third-order valence-electron chi connectivity index (χ3n) is 5.15. The maximum absolute atomic E-state index is 12.9. The number of nitrogens with zero attached hydrogens (tertiary/aromatic N) is 2. The smallest absolute Gasteiger partial charge is 0.408 e. The molecule has 0 aliphatic carbocycles. The maximum atomic E-state index is 12.9. The zero-order valence-corrected chi connectivity index (χ0v) is 19.4. The Kier molecular flexibility index (Phi) is 6.25. The molecule has 178 valence electrons. The Balaban J connectivity index is 1.68. The predicted octanol–water partition coefficient (Wildman–Crippen LogP) is 3.66. The number of aromatic nitrogens is 1. The molecule has 10 heteroatoms. The minimum absolute atomic E-state index is 0.278. The molecule has 0 fully saturated rings. The zero-order valence-electron chi connectivity index (χ0n) is 19.4. The van der Waals surface area contributed by atoms with Crippen molar-refractivity contribution >= 4 is 40.7 Å². The lowest BCUT2D eigenvalue weighted by molar-refractivity contribution is -0.117. The van der Waals surface area contributed by atoms with E-state index < -0.39 is 29.6 Å². The lowest BCUT2D eigenvalue weighted by atomic mass is 10.0. The van der Waals surface area contributed by atoms with Gasteiger partial charge in [-0.1, -0.05) is 30.3 Å². The second-order valence-corrected chi connectivity index (χ2v) is 8.95. The quantitative estimate of drug-likeness (QED) is 0.422. The molecule has 1 aliphatic heterocycles. The number of hydrazone groups is 1. The van der Waals surface area contributed by atoms with Crippen LogP contribution in [-0.4, -0.2) is 47.3 Å². The number of hydrogen-bond acceptors (Lipinski definition) is 5. The number of alkyl carbamates (subject to hydrolysis) is 1. The van der Waals surface area contributed by atoms with Gasteiger partial charge in [-0.2, -0.15) is 5.10 Å². The monoisotopic (exact) mass is 472 g/mol. The van der Waals surface area contributed by atoms with Gasteiger partial charge in [0.05, 0.1) is 17.5 Å². The van der Waals surface area contributed by atoms with E-state index in [4.69, 9.17) is 11.3 Å². The van der Waals surface area contributed by atoms with Crippen molar-refractivity contribution in [2.45, 2.75) is 32.4 Å². The average molecular weight is 473 g/mol. The van der Waals surface area contributed by atoms with Crippen LogP contribution in [0.4, 0.5) is 10.5 Å². The van der Waals surface area contributed by atoms with Crippen LogP contribution in [-0.2, 0) is 9.53 Å². The van der Waals surface area contributed by atoms with Crippen LogP contribution in [0.3, 0.4) is 0 Å². The maximum Gasteiger partial charge on any atom is 0.408 e. The lowest BCUT2D eigenvalue weighted by Gasteiger charge is -2.21. The van der Waals surface area contributed by atoms with Gasteiger partial charge in [-0.3, -0.25) is 9.59 Å². The van der Waals surface area contributed by atoms with Gasteiger partial charge in [0.2, 0.25) is 6.54 Å². The van der Waals surface area contributed by atoms with Crippen LogP contribution < -0.4 is 16.1 Å². The second kappa shape index (κ2) is 9.30.